The van der Waals surface area contributed by atoms with Crippen molar-refractivity contribution in [2.45, 2.75) is 25.5 Å². The van der Waals surface area contributed by atoms with Gasteiger partial charge >= 0.3 is 6.18 Å². The maximum atomic E-state index is 13.5. The molecular weight excluding hydrogens is 483 g/mol. The summed E-state index contributed by atoms with van der Waals surface area (Å²) in [5.74, 6) is -0.664. The Hall–Kier alpha value is -3.41. The second-order valence-electron chi connectivity index (χ2n) is 7.65. The Kier molecular flexibility index (Phi) is 6.84. The largest absolute Gasteiger partial charge is 0.484 e. The average Bonchev–Trinajstić information content (AvgIpc) is 3.43. The Labute approximate surface area is 202 Å². The van der Waals surface area contributed by atoms with Gasteiger partial charge in [-0.25, -0.2) is 4.98 Å². The molecule has 1 amide bonds. The van der Waals surface area contributed by atoms with Gasteiger partial charge in [-0.2, -0.15) is 13.2 Å². The highest BCUT2D eigenvalue weighted by Gasteiger charge is 2.35. The third-order valence-electron chi connectivity index (χ3n) is 5.43. The van der Waals surface area contributed by atoms with Crippen LogP contribution in [0.3, 0.4) is 0 Å². The predicted octanol–water partition coefficient (Wildman–Crippen LogP) is 5.64. The third-order valence-corrected chi connectivity index (χ3v) is 6.56. The number of nitrogens with zero attached hydrogens (tertiary/aromatic N) is 2. The molecule has 0 radical (unpaired) electrons. The summed E-state index contributed by atoms with van der Waals surface area (Å²) in [6, 6.07) is 12.2. The fraction of sp³-hybridized carbons (Fsp3) is 0.250. The first-order valence-corrected chi connectivity index (χ1v) is 11.2. The molecule has 0 fully saturated rings. The molecule has 0 spiro atoms. The number of rotatable bonds is 8. The van der Waals surface area contributed by atoms with Crippen LogP contribution in [0, 0.1) is 0 Å². The molecule has 2 aromatic carbocycles. The molecule has 0 aliphatic rings. The van der Waals surface area contributed by atoms with Crippen LogP contribution < -0.4 is 10.5 Å². The Morgan fingerprint density at radius 3 is 2.49 bits per heavy atom. The summed E-state index contributed by atoms with van der Waals surface area (Å²) in [5, 5.41) is 0.552. The number of thiophene rings is 1. The zero-order valence-electron chi connectivity index (χ0n) is 19.0. The Morgan fingerprint density at radius 2 is 1.83 bits per heavy atom. The van der Waals surface area contributed by atoms with Crippen LogP contribution in [0.2, 0.25) is 0 Å². The van der Waals surface area contributed by atoms with E-state index in [0.29, 0.717) is 16.0 Å². The fourth-order valence-corrected chi connectivity index (χ4v) is 4.75. The van der Waals surface area contributed by atoms with E-state index in [2.05, 4.69) is 4.98 Å². The molecule has 2 heterocycles. The number of hydrogen-bond donors (Lipinski definition) is 1. The van der Waals surface area contributed by atoms with Crippen LogP contribution in [0.15, 0.2) is 54.9 Å². The molecule has 7 nitrogen and oxygen atoms in total. The molecule has 0 aliphatic carbocycles. The highest BCUT2D eigenvalue weighted by atomic mass is 32.1. The number of fused-ring (bicyclic) bond motifs is 1. The number of imidazole rings is 1. The van der Waals surface area contributed by atoms with Gasteiger partial charge in [0.1, 0.15) is 28.1 Å². The van der Waals surface area contributed by atoms with E-state index in [1.807, 2.05) is 18.2 Å². The van der Waals surface area contributed by atoms with E-state index in [-0.39, 0.29) is 16.2 Å². The van der Waals surface area contributed by atoms with Gasteiger partial charge < -0.3 is 19.9 Å². The Morgan fingerprint density at radius 1 is 1.11 bits per heavy atom. The summed E-state index contributed by atoms with van der Waals surface area (Å²) in [4.78, 5) is 16.6. The van der Waals surface area contributed by atoms with Gasteiger partial charge in [0.15, 0.2) is 6.29 Å². The number of alkyl halides is 3. The number of primary amides is 1. The van der Waals surface area contributed by atoms with Crippen molar-refractivity contribution in [2.75, 3.05) is 14.2 Å². The minimum Gasteiger partial charge on any atom is -0.484 e. The van der Waals surface area contributed by atoms with E-state index in [0.717, 1.165) is 23.0 Å². The molecule has 2 N–H and O–H groups in total. The molecule has 35 heavy (non-hydrogen) atoms. The first kappa shape index (κ1) is 24.7. The zero-order valence-corrected chi connectivity index (χ0v) is 19.8. The van der Waals surface area contributed by atoms with Crippen LogP contribution in [0.25, 0.3) is 16.0 Å². The molecule has 0 saturated heterocycles. The van der Waals surface area contributed by atoms with Crippen LogP contribution in [-0.2, 0) is 15.7 Å². The van der Waals surface area contributed by atoms with Crippen LogP contribution >= 0.6 is 11.3 Å². The molecule has 0 saturated carbocycles. The van der Waals surface area contributed by atoms with E-state index in [1.165, 1.54) is 39.3 Å². The maximum Gasteiger partial charge on any atom is 0.416 e. The number of ether oxygens (including phenoxy) is 3. The average molecular weight is 506 g/mol. The topological polar surface area (TPSA) is 88.6 Å². The molecule has 0 bridgehead atoms. The van der Waals surface area contributed by atoms with Crippen molar-refractivity contribution in [1.82, 2.24) is 9.55 Å². The summed E-state index contributed by atoms with van der Waals surface area (Å²) < 4.78 is 58.7. The standard InChI is InChI=1S/C24H22F3N3O4S/c1-13(15-6-4-5-7-16(15)24(25,26)27)34-19-11-20(35-21(19)22(28)31)30-12-29-17-9-8-14(10-18(17)30)23(32-2)33-3/h4-13,23H,1-3H3,(H2,28,31)/t13-/m1/s1. The summed E-state index contributed by atoms with van der Waals surface area (Å²) in [5.41, 5.74) is 6.86. The van der Waals surface area contributed by atoms with Crippen LogP contribution in [-0.4, -0.2) is 29.7 Å². The highest BCUT2D eigenvalue weighted by molar-refractivity contribution is 7.16. The number of hydrogen-bond acceptors (Lipinski definition) is 6. The number of halogens is 3. The lowest BCUT2D eigenvalue weighted by atomic mass is 10.0. The van der Waals surface area contributed by atoms with E-state index in [4.69, 9.17) is 19.9 Å². The number of carbonyl (C=O) groups excluding carboxylic acids is 1. The first-order valence-electron chi connectivity index (χ1n) is 10.4. The quantitative estimate of drug-likeness (QED) is 0.313. The normalized spacial score (nSPS) is 12.9. The second-order valence-corrected chi connectivity index (χ2v) is 8.68. The molecule has 184 valence electrons. The second kappa shape index (κ2) is 9.68. The van der Waals surface area contributed by atoms with Gasteiger partial charge in [0.2, 0.25) is 0 Å². The van der Waals surface area contributed by atoms with Crippen molar-refractivity contribution < 1.29 is 32.2 Å². The lowest BCUT2D eigenvalue weighted by Crippen LogP contribution is -2.15. The van der Waals surface area contributed by atoms with Crippen LogP contribution in [0.5, 0.6) is 5.75 Å². The Balaban J connectivity index is 1.74. The summed E-state index contributed by atoms with van der Waals surface area (Å²) in [6.45, 7) is 1.49. The first-order chi connectivity index (χ1) is 16.6. The highest BCUT2D eigenvalue weighted by Crippen LogP contribution is 2.39. The predicted molar refractivity (Wildman–Crippen MR) is 125 cm³/mol. The molecule has 1 atom stereocenters. The number of aromatic nitrogens is 2. The van der Waals surface area contributed by atoms with Gasteiger partial charge in [0.05, 0.1) is 16.6 Å². The number of amides is 1. The minimum absolute atomic E-state index is 0.0499. The minimum atomic E-state index is -4.55. The SMILES string of the molecule is COC(OC)c1ccc2ncn(-c3cc(O[C@H](C)c4ccccc4C(F)(F)F)c(C(N)=O)s3)c2c1. The van der Waals surface area contributed by atoms with E-state index >= 15 is 0 Å². The van der Waals surface area contributed by atoms with E-state index < -0.39 is 30.0 Å². The number of nitrogens with two attached hydrogens (primary N) is 1. The fourth-order valence-electron chi connectivity index (χ4n) is 3.82. The smallest absolute Gasteiger partial charge is 0.416 e. The van der Waals surface area contributed by atoms with E-state index in [1.54, 1.807) is 17.0 Å². The lowest BCUT2D eigenvalue weighted by Gasteiger charge is -2.19. The molecule has 2 aromatic heterocycles. The van der Waals surface area contributed by atoms with Gasteiger partial charge in [-0.1, -0.05) is 24.3 Å². The molecule has 4 aromatic rings. The lowest BCUT2D eigenvalue weighted by molar-refractivity contribution is -0.139. The van der Waals surface area contributed by atoms with E-state index in [9.17, 15) is 18.0 Å². The van der Waals surface area contributed by atoms with Crippen LogP contribution in [0.4, 0.5) is 13.2 Å². The van der Waals surface area contributed by atoms with Crippen molar-refractivity contribution >= 4 is 28.3 Å². The van der Waals surface area contributed by atoms with Gasteiger partial charge in [0.25, 0.3) is 5.91 Å². The zero-order chi connectivity index (χ0) is 25.3. The van der Waals surface area contributed by atoms with Crippen LogP contribution in [0.1, 0.15) is 45.7 Å². The van der Waals surface area contributed by atoms with Gasteiger partial charge in [0, 0.05) is 31.4 Å². The van der Waals surface area contributed by atoms with Crippen molar-refractivity contribution in [2.24, 2.45) is 5.73 Å². The third kappa shape index (κ3) is 4.88. The molecule has 4 rings (SSSR count). The summed E-state index contributed by atoms with van der Waals surface area (Å²) in [7, 11) is 3.05. The van der Waals surface area contributed by atoms with Gasteiger partial charge in [-0.05, 0) is 25.1 Å². The molecule has 0 aliphatic heterocycles. The van der Waals surface area contributed by atoms with Gasteiger partial charge in [-0.15, -0.1) is 11.3 Å². The number of benzene rings is 2. The molecule has 11 heteroatoms. The summed E-state index contributed by atoms with van der Waals surface area (Å²) >= 11 is 1.05. The van der Waals surface area contributed by atoms with Crippen molar-refractivity contribution in [3.8, 4) is 10.8 Å². The summed E-state index contributed by atoms with van der Waals surface area (Å²) in [6.07, 6.45) is -4.55. The monoisotopic (exact) mass is 505 g/mol. The van der Waals surface area contributed by atoms with Crippen molar-refractivity contribution in [3.05, 3.63) is 76.4 Å². The van der Waals surface area contributed by atoms with Crippen molar-refractivity contribution in [1.29, 1.82) is 0 Å². The number of methoxy groups -OCH3 is 2. The van der Waals surface area contributed by atoms with Crippen molar-refractivity contribution in [3.63, 3.8) is 0 Å². The Bertz CT molecular complexity index is 1360. The molecule has 0 unspecified atom stereocenters. The number of carbonyl (C=O) groups is 1. The van der Waals surface area contributed by atoms with Gasteiger partial charge in [-0.3, -0.25) is 9.36 Å². The maximum absolute atomic E-state index is 13.5. The molecular formula is C24H22F3N3O4S.